The van der Waals surface area contributed by atoms with Crippen LogP contribution in [-0.2, 0) is 9.59 Å². The zero-order valence-corrected chi connectivity index (χ0v) is 15.2. The summed E-state index contributed by atoms with van der Waals surface area (Å²) >= 11 is 0. The number of nitrogens with one attached hydrogen (secondary N) is 2. The van der Waals surface area contributed by atoms with Crippen LogP contribution >= 0.6 is 12.4 Å². The van der Waals surface area contributed by atoms with Crippen molar-refractivity contribution in [1.29, 1.82) is 0 Å². The van der Waals surface area contributed by atoms with Crippen molar-refractivity contribution in [2.75, 3.05) is 33.2 Å². The maximum absolute atomic E-state index is 12.2. The van der Waals surface area contributed by atoms with Crippen molar-refractivity contribution in [2.24, 2.45) is 11.3 Å². The molecule has 2 N–H and O–H groups in total. The predicted octanol–water partition coefficient (Wildman–Crippen LogP) is 1.81. The number of carbonyl (C=O) groups is 2. The fourth-order valence-electron chi connectivity index (χ4n) is 2.61. The van der Waals surface area contributed by atoms with Crippen LogP contribution in [0.1, 0.15) is 46.5 Å². The van der Waals surface area contributed by atoms with Gasteiger partial charge in [0, 0.05) is 31.5 Å². The minimum atomic E-state index is -0.364. The highest BCUT2D eigenvalue weighted by Crippen LogP contribution is 2.17. The van der Waals surface area contributed by atoms with E-state index in [1.807, 2.05) is 32.7 Å². The lowest BCUT2D eigenvalue weighted by Crippen LogP contribution is -2.42. The molecule has 1 atom stereocenters. The Morgan fingerprint density at radius 3 is 2.55 bits per heavy atom. The molecule has 0 aromatic heterocycles. The fourth-order valence-corrected chi connectivity index (χ4v) is 2.61. The Labute approximate surface area is 141 Å². The summed E-state index contributed by atoms with van der Waals surface area (Å²) in [5.74, 6) is 0.844. The summed E-state index contributed by atoms with van der Waals surface area (Å²) in [5.41, 5.74) is -0.364. The van der Waals surface area contributed by atoms with Gasteiger partial charge in [0.25, 0.3) is 0 Å². The molecule has 1 unspecified atom stereocenters. The van der Waals surface area contributed by atoms with E-state index < -0.39 is 0 Å². The van der Waals surface area contributed by atoms with Crippen LogP contribution in [0, 0.1) is 11.3 Å². The lowest BCUT2D eigenvalue weighted by molar-refractivity contribution is -0.133. The third-order valence-electron chi connectivity index (χ3n) is 3.90. The topological polar surface area (TPSA) is 61.4 Å². The van der Waals surface area contributed by atoms with E-state index in [2.05, 4.69) is 10.6 Å². The Balaban J connectivity index is 0.00000441. The molecule has 22 heavy (non-hydrogen) atoms. The van der Waals surface area contributed by atoms with Gasteiger partial charge in [-0.3, -0.25) is 9.59 Å². The van der Waals surface area contributed by atoms with E-state index in [9.17, 15) is 9.59 Å². The van der Waals surface area contributed by atoms with Gasteiger partial charge in [0.05, 0.1) is 0 Å². The molecule has 1 saturated heterocycles. The molecule has 1 fully saturated rings. The molecule has 1 rings (SSSR count). The Kier molecular flexibility index (Phi) is 9.69. The summed E-state index contributed by atoms with van der Waals surface area (Å²) in [7, 11) is 1.96. The SMILES string of the molecule is CNCC1CCCN(C(=O)CCCNC(=O)C(C)(C)C)C1.Cl. The first kappa shape index (κ1) is 21.2. The molecule has 6 heteroatoms. The maximum atomic E-state index is 12.2. The quantitative estimate of drug-likeness (QED) is 0.729. The molecule has 0 aromatic rings. The molecule has 130 valence electrons. The second kappa shape index (κ2) is 10.1. The maximum Gasteiger partial charge on any atom is 0.225 e. The first-order valence-corrected chi connectivity index (χ1v) is 8.05. The van der Waals surface area contributed by atoms with Crippen molar-refractivity contribution in [2.45, 2.75) is 46.5 Å². The van der Waals surface area contributed by atoms with Crippen molar-refractivity contribution in [3.05, 3.63) is 0 Å². The van der Waals surface area contributed by atoms with Gasteiger partial charge in [-0.1, -0.05) is 20.8 Å². The molecule has 5 nitrogen and oxygen atoms in total. The first-order valence-electron chi connectivity index (χ1n) is 8.05. The van der Waals surface area contributed by atoms with Gasteiger partial charge >= 0.3 is 0 Å². The van der Waals surface area contributed by atoms with Crippen LogP contribution < -0.4 is 10.6 Å². The molecule has 0 aliphatic carbocycles. The van der Waals surface area contributed by atoms with Gasteiger partial charge in [0.2, 0.25) is 11.8 Å². The molecular weight excluding hydrogens is 302 g/mol. The number of rotatable bonds is 6. The van der Waals surface area contributed by atoms with Crippen molar-refractivity contribution in [1.82, 2.24) is 15.5 Å². The highest BCUT2D eigenvalue weighted by Gasteiger charge is 2.23. The zero-order chi connectivity index (χ0) is 15.9. The van der Waals surface area contributed by atoms with Gasteiger partial charge in [0.15, 0.2) is 0 Å². The standard InChI is InChI=1S/C16H31N3O2.ClH/c1-16(2,3)15(21)18-9-5-8-14(20)19-10-6-7-13(12-19)11-17-4;/h13,17H,5-12H2,1-4H3,(H,18,21);1H. The Bertz CT molecular complexity index is 354. The summed E-state index contributed by atoms with van der Waals surface area (Å²) in [6.45, 7) is 8.98. The normalized spacial score (nSPS) is 18.5. The highest BCUT2D eigenvalue weighted by molar-refractivity contribution is 5.85. The fraction of sp³-hybridized carbons (Fsp3) is 0.875. The molecule has 0 bridgehead atoms. The Morgan fingerprint density at radius 2 is 1.95 bits per heavy atom. The number of hydrogen-bond acceptors (Lipinski definition) is 3. The zero-order valence-electron chi connectivity index (χ0n) is 14.4. The highest BCUT2D eigenvalue weighted by atomic mass is 35.5. The van der Waals surface area contributed by atoms with Crippen molar-refractivity contribution < 1.29 is 9.59 Å². The van der Waals surface area contributed by atoms with Crippen molar-refractivity contribution in [3.63, 3.8) is 0 Å². The number of carbonyl (C=O) groups excluding carboxylic acids is 2. The van der Waals surface area contributed by atoms with Gasteiger partial charge in [-0.2, -0.15) is 0 Å². The minimum Gasteiger partial charge on any atom is -0.356 e. The first-order chi connectivity index (χ1) is 9.84. The van der Waals surface area contributed by atoms with Crippen LogP contribution in [-0.4, -0.2) is 49.9 Å². The predicted molar refractivity (Wildman–Crippen MR) is 92.2 cm³/mol. The van der Waals surface area contributed by atoms with E-state index in [1.165, 1.54) is 6.42 Å². The molecule has 0 spiro atoms. The number of likely N-dealkylation sites (tertiary alicyclic amines) is 1. The summed E-state index contributed by atoms with van der Waals surface area (Å²) in [5, 5.41) is 6.08. The van der Waals surface area contributed by atoms with E-state index in [1.54, 1.807) is 0 Å². The molecule has 1 aliphatic rings. The third kappa shape index (κ3) is 7.45. The van der Waals surface area contributed by atoms with Gasteiger partial charge in [-0.25, -0.2) is 0 Å². The van der Waals surface area contributed by atoms with E-state index in [0.29, 0.717) is 25.3 Å². The van der Waals surface area contributed by atoms with Crippen molar-refractivity contribution in [3.8, 4) is 0 Å². The molecule has 0 radical (unpaired) electrons. The second-order valence-corrected chi connectivity index (χ2v) is 7.02. The summed E-state index contributed by atoms with van der Waals surface area (Å²) in [6, 6.07) is 0. The number of halogens is 1. The van der Waals surface area contributed by atoms with Crippen LogP contribution in [0.25, 0.3) is 0 Å². The summed E-state index contributed by atoms with van der Waals surface area (Å²) in [4.78, 5) is 25.9. The van der Waals surface area contributed by atoms with Crippen LogP contribution in [0.5, 0.6) is 0 Å². The summed E-state index contributed by atoms with van der Waals surface area (Å²) in [6.07, 6.45) is 3.54. The molecule has 1 heterocycles. The molecular formula is C16H32ClN3O2. The van der Waals surface area contributed by atoms with E-state index in [0.717, 1.165) is 26.1 Å². The van der Waals surface area contributed by atoms with Gasteiger partial charge in [0.1, 0.15) is 0 Å². The number of amides is 2. The Morgan fingerprint density at radius 1 is 1.27 bits per heavy atom. The second-order valence-electron chi connectivity index (χ2n) is 7.02. The van der Waals surface area contributed by atoms with E-state index in [4.69, 9.17) is 0 Å². The van der Waals surface area contributed by atoms with Gasteiger partial charge in [-0.05, 0) is 38.8 Å². The monoisotopic (exact) mass is 333 g/mol. The lowest BCUT2D eigenvalue weighted by atomic mass is 9.95. The lowest BCUT2D eigenvalue weighted by Gasteiger charge is -2.32. The van der Waals surface area contributed by atoms with Crippen molar-refractivity contribution >= 4 is 24.2 Å². The molecule has 2 amide bonds. The third-order valence-corrected chi connectivity index (χ3v) is 3.90. The van der Waals surface area contributed by atoms with Crippen LogP contribution in [0.3, 0.4) is 0 Å². The number of hydrogen-bond donors (Lipinski definition) is 2. The average Bonchev–Trinajstić information content (AvgIpc) is 2.42. The van der Waals surface area contributed by atoms with E-state index in [-0.39, 0.29) is 29.6 Å². The molecule has 1 aliphatic heterocycles. The smallest absolute Gasteiger partial charge is 0.225 e. The minimum absolute atomic E-state index is 0. The largest absolute Gasteiger partial charge is 0.356 e. The molecule has 0 saturated carbocycles. The van der Waals surface area contributed by atoms with Gasteiger partial charge < -0.3 is 15.5 Å². The number of piperidine rings is 1. The molecule has 0 aromatic carbocycles. The van der Waals surface area contributed by atoms with Gasteiger partial charge in [-0.15, -0.1) is 12.4 Å². The van der Waals surface area contributed by atoms with Crippen LogP contribution in [0.4, 0.5) is 0 Å². The average molecular weight is 334 g/mol. The van der Waals surface area contributed by atoms with E-state index >= 15 is 0 Å². The summed E-state index contributed by atoms with van der Waals surface area (Å²) < 4.78 is 0. The van der Waals surface area contributed by atoms with Crippen LogP contribution in [0.2, 0.25) is 0 Å². The van der Waals surface area contributed by atoms with Crippen LogP contribution in [0.15, 0.2) is 0 Å². The number of nitrogens with zero attached hydrogens (tertiary/aromatic N) is 1. The Hall–Kier alpha value is -0.810.